The lowest BCUT2D eigenvalue weighted by molar-refractivity contribution is -0.150. The van der Waals surface area contributed by atoms with Gasteiger partial charge < -0.3 is 0 Å². The average Bonchev–Trinajstić information content (AvgIpc) is 2.27. The molecule has 0 saturated heterocycles. The maximum absolute atomic E-state index is 12.0. The van der Waals surface area contributed by atoms with Gasteiger partial charge >= 0.3 is 0 Å². The summed E-state index contributed by atoms with van der Waals surface area (Å²) >= 11 is 0. The Labute approximate surface area is 97.4 Å². The summed E-state index contributed by atoms with van der Waals surface area (Å²) in [5.74, 6) is -0.345. The Hall–Kier alpha value is -1.09. The van der Waals surface area contributed by atoms with Crippen LogP contribution in [0.3, 0.4) is 0 Å². The van der Waals surface area contributed by atoms with Crippen LogP contribution >= 0.6 is 0 Å². The van der Waals surface area contributed by atoms with E-state index in [-0.39, 0.29) is 16.7 Å². The number of hydrogen-bond acceptors (Lipinski definition) is 2. The molecule has 0 aromatic heterocycles. The lowest BCUT2D eigenvalue weighted by Gasteiger charge is -2.27. The highest BCUT2D eigenvalue weighted by molar-refractivity contribution is 6.00. The number of carbonyl (C=O) groups excluding carboxylic acids is 1. The molecule has 0 aromatic rings. The lowest BCUT2D eigenvalue weighted by atomic mass is 9.75. The van der Waals surface area contributed by atoms with E-state index in [2.05, 4.69) is 6.58 Å². The van der Waals surface area contributed by atoms with Crippen LogP contribution in [-0.2, 0) is 4.79 Å². The molecular formula is C13H21NO2. The molecule has 0 radical (unpaired) electrons. The third-order valence-corrected chi connectivity index (χ3v) is 2.70. The third-order valence-electron chi connectivity index (χ3n) is 2.70. The first kappa shape index (κ1) is 13.0. The van der Waals surface area contributed by atoms with Gasteiger partial charge in [0.05, 0.1) is 5.70 Å². The number of allylic oxidation sites excluding steroid dienone is 1. The standard InChI is InChI=1S/C13H21NO2/c1-8-9(12(2,3)4)10(13(5,6)7)11(15)14(8)16/h16H,1H2,2-7H3. The Kier molecular flexibility index (Phi) is 2.80. The van der Waals surface area contributed by atoms with E-state index in [9.17, 15) is 10.0 Å². The molecule has 1 amide bonds. The molecular weight excluding hydrogens is 202 g/mol. The van der Waals surface area contributed by atoms with E-state index in [1.165, 1.54) is 0 Å². The van der Waals surface area contributed by atoms with E-state index in [0.29, 0.717) is 16.3 Å². The van der Waals surface area contributed by atoms with E-state index in [4.69, 9.17) is 0 Å². The number of nitrogens with zero attached hydrogens (tertiary/aromatic N) is 1. The Balaban J connectivity index is 3.49. The smallest absolute Gasteiger partial charge is 0.278 e. The molecule has 0 aromatic carbocycles. The van der Waals surface area contributed by atoms with Crippen LogP contribution in [0.25, 0.3) is 0 Å². The van der Waals surface area contributed by atoms with Crippen LogP contribution in [0, 0.1) is 10.8 Å². The van der Waals surface area contributed by atoms with Gasteiger partial charge in [-0.2, -0.15) is 5.06 Å². The van der Waals surface area contributed by atoms with Gasteiger partial charge in [0, 0.05) is 5.57 Å². The molecule has 0 unspecified atom stereocenters. The summed E-state index contributed by atoms with van der Waals surface area (Å²) in [5.41, 5.74) is 1.43. The highest BCUT2D eigenvalue weighted by atomic mass is 16.5. The number of rotatable bonds is 0. The minimum atomic E-state index is -0.345. The molecule has 3 heteroatoms. The Morgan fingerprint density at radius 2 is 1.38 bits per heavy atom. The zero-order valence-corrected chi connectivity index (χ0v) is 11.0. The van der Waals surface area contributed by atoms with Gasteiger partial charge in [-0.25, -0.2) is 0 Å². The zero-order chi connectivity index (χ0) is 12.9. The molecule has 1 aliphatic heterocycles. The van der Waals surface area contributed by atoms with Crippen molar-refractivity contribution in [1.82, 2.24) is 5.06 Å². The van der Waals surface area contributed by atoms with Crippen molar-refractivity contribution in [3.05, 3.63) is 23.4 Å². The largest absolute Gasteiger partial charge is 0.281 e. The van der Waals surface area contributed by atoms with E-state index >= 15 is 0 Å². The Morgan fingerprint density at radius 3 is 1.62 bits per heavy atom. The maximum Gasteiger partial charge on any atom is 0.278 e. The molecule has 1 heterocycles. The van der Waals surface area contributed by atoms with Crippen LogP contribution in [0.15, 0.2) is 23.4 Å². The van der Waals surface area contributed by atoms with Gasteiger partial charge in [0.2, 0.25) is 0 Å². The van der Waals surface area contributed by atoms with Gasteiger partial charge in [-0.15, -0.1) is 0 Å². The van der Waals surface area contributed by atoms with E-state index in [1.807, 2.05) is 41.5 Å². The van der Waals surface area contributed by atoms with E-state index < -0.39 is 0 Å². The molecule has 0 saturated carbocycles. The van der Waals surface area contributed by atoms with Gasteiger partial charge in [-0.05, 0) is 16.4 Å². The number of hydroxylamine groups is 2. The molecule has 0 aliphatic carbocycles. The first-order valence-electron chi connectivity index (χ1n) is 5.45. The van der Waals surface area contributed by atoms with Crippen LogP contribution in [-0.4, -0.2) is 16.2 Å². The van der Waals surface area contributed by atoms with Crippen molar-refractivity contribution in [2.75, 3.05) is 0 Å². The van der Waals surface area contributed by atoms with Crippen molar-refractivity contribution in [2.45, 2.75) is 41.5 Å². The van der Waals surface area contributed by atoms with Gasteiger partial charge in [-0.1, -0.05) is 48.1 Å². The Morgan fingerprint density at radius 1 is 1.00 bits per heavy atom. The molecule has 0 spiro atoms. The van der Waals surface area contributed by atoms with Crippen molar-refractivity contribution >= 4 is 5.91 Å². The molecule has 1 N–H and O–H groups in total. The van der Waals surface area contributed by atoms with Gasteiger partial charge in [0.1, 0.15) is 0 Å². The first-order valence-corrected chi connectivity index (χ1v) is 5.45. The second-order valence-electron chi connectivity index (χ2n) is 6.31. The predicted molar refractivity (Wildman–Crippen MR) is 63.7 cm³/mol. The summed E-state index contributed by atoms with van der Waals surface area (Å²) in [5, 5.41) is 10.3. The second kappa shape index (κ2) is 3.45. The number of hydrogen-bond donors (Lipinski definition) is 1. The summed E-state index contributed by atoms with van der Waals surface area (Å²) in [6, 6.07) is 0. The van der Waals surface area contributed by atoms with E-state index in [0.717, 1.165) is 5.57 Å². The monoisotopic (exact) mass is 223 g/mol. The maximum atomic E-state index is 12.0. The minimum Gasteiger partial charge on any atom is -0.281 e. The van der Waals surface area contributed by atoms with E-state index in [1.54, 1.807) is 0 Å². The molecule has 0 atom stereocenters. The van der Waals surface area contributed by atoms with Crippen molar-refractivity contribution < 1.29 is 10.0 Å². The van der Waals surface area contributed by atoms with Crippen LogP contribution in [0.1, 0.15) is 41.5 Å². The number of amides is 1. The molecule has 0 bridgehead atoms. The van der Waals surface area contributed by atoms with Crippen LogP contribution in [0.2, 0.25) is 0 Å². The quantitative estimate of drug-likeness (QED) is 0.641. The highest BCUT2D eigenvalue weighted by Crippen LogP contribution is 2.45. The van der Waals surface area contributed by atoms with Crippen molar-refractivity contribution in [2.24, 2.45) is 10.8 Å². The molecule has 3 nitrogen and oxygen atoms in total. The van der Waals surface area contributed by atoms with Crippen molar-refractivity contribution in [1.29, 1.82) is 0 Å². The van der Waals surface area contributed by atoms with Crippen molar-refractivity contribution in [3.63, 3.8) is 0 Å². The summed E-state index contributed by atoms with van der Waals surface area (Å²) in [4.78, 5) is 12.0. The summed E-state index contributed by atoms with van der Waals surface area (Å²) in [6.45, 7) is 15.8. The van der Waals surface area contributed by atoms with Crippen LogP contribution in [0.4, 0.5) is 0 Å². The van der Waals surface area contributed by atoms with Gasteiger partial charge in [0.15, 0.2) is 0 Å². The fourth-order valence-corrected chi connectivity index (χ4v) is 2.09. The van der Waals surface area contributed by atoms with Crippen molar-refractivity contribution in [3.8, 4) is 0 Å². The molecule has 1 aliphatic rings. The third kappa shape index (κ3) is 1.92. The average molecular weight is 223 g/mol. The second-order valence-corrected chi connectivity index (χ2v) is 6.31. The lowest BCUT2D eigenvalue weighted by Crippen LogP contribution is -2.25. The van der Waals surface area contributed by atoms with Crippen LogP contribution in [0.5, 0.6) is 0 Å². The molecule has 90 valence electrons. The normalized spacial score (nSPS) is 18.8. The fraction of sp³-hybridized carbons (Fsp3) is 0.615. The van der Waals surface area contributed by atoms with Crippen LogP contribution < -0.4 is 0 Å². The minimum absolute atomic E-state index is 0.202. The summed E-state index contributed by atoms with van der Waals surface area (Å²) in [7, 11) is 0. The number of carbonyl (C=O) groups is 1. The Bertz CT molecular complexity index is 342. The molecule has 1 rings (SSSR count). The summed E-state index contributed by atoms with van der Waals surface area (Å²) < 4.78 is 0. The molecule has 0 fully saturated rings. The topological polar surface area (TPSA) is 40.5 Å². The fourth-order valence-electron chi connectivity index (χ4n) is 2.09. The van der Waals surface area contributed by atoms with Gasteiger partial charge in [-0.3, -0.25) is 10.0 Å². The van der Waals surface area contributed by atoms with Gasteiger partial charge in [0.25, 0.3) is 5.91 Å². The SMILES string of the molecule is C=C1C(C(C)(C)C)=C(C(C)(C)C)C(=O)N1O. The summed E-state index contributed by atoms with van der Waals surface area (Å²) in [6.07, 6.45) is 0. The first-order chi connectivity index (χ1) is 6.98. The zero-order valence-electron chi connectivity index (χ0n) is 11.0. The molecule has 16 heavy (non-hydrogen) atoms. The predicted octanol–water partition coefficient (Wildman–Crippen LogP) is 3.12. The highest BCUT2D eigenvalue weighted by Gasteiger charge is 2.43.